The lowest BCUT2D eigenvalue weighted by atomic mass is 10.1. The summed E-state index contributed by atoms with van der Waals surface area (Å²) in [4.78, 5) is 14.2. The smallest absolute Gasteiger partial charge is 0.226 e. The third-order valence-corrected chi connectivity index (χ3v) is 4.93. The van der Waals surface area contributed by atoms with Crippen LogP contribution < -0.4 is 0 Å². The largest absolute Gasteiger partial charge is 0.341 e. The molecule has 2 unspecified atom stereocenters. The molecule has 2 nitrogen and oxygen atoms in total. The highest BCUT2D eigenvalue weighted by Gasteiger charge is 2.57. The first-order valence-electron chi connectivity index (χ1n) is 6.66. The van der Waals surface area contributed by atoms with Crippen LogP contribution in [-0.4, -0.2) is 17.9 Å². The lowest BCUT2D eigenvalue weighted by Crippen LogP contribution is -2.29. The van der Waals surface area contributed by atoms with Crippen LogP contribution in [0.5, 0.6) is 0 Å². The van der Waals surface area contributed by atoms with Crippen molar-refractivity contribution in [1.82, 2.24) is 4.90 Å². The molecule has 1 aromatic carbocycles. The highest BCUT2D eigenvalue weighted by molar-refractivity contribution is 9.10. The second kappa shape index (κ2) is 4.69. The van der Waals surface area contributed by atoms with Gasteiger partial charge in [0.05, 0.1) is 0 Å². The number of carbonyl (C=O) groups excluding carboxylic acids is 1. The lowest BCUT2D eigenvalue weighted by Gasteiger charge is -2.18. The van der Waals surface area contributed by atoms with Crippen molar-refractivity contribution in [3.63, 3.8) is 0 Å². The molecule has 2 atom stereocenters. The van der Waals surface area contributed by atoms with E-state index in [4.69, 9.17) is 0 Å². The number of amides is 1. The Morgan fingerprint density at radius 1 is 1.28 bits per heavy atom. The minimum absolute atomic E-state index is 0.346. The van der Waals surface area contributed by atoms with E-state index in [0.717, 1.165) is 11.0 Å². The van der Waals surface area contributed by atoms with E-state index < -0.39 is 0 Å². The van der Waals surface area contributed by atoms with E-state index in [-0.39, 0.29) is 0 Å². The molecule has 0 N–H and O–H groups in total. The molecule has 2 saturated carbocycles. The van der Waals surface area contributed by atoms with Crippen LogP contribution in [0, 0.1) is 17.8 Å². The number of nitrogens with zero attached hydrogens (tertiary/aromatic N) is 1. The Balaban J connectivity index is 1.59. The number of benzene rings is 1. The van der Waals surface area contributed by atoms with E-state index in [1.54, 1.807) is 0 Å². The Labute approximate surface area is 116 Å². The molecule has 0 heterocycles. The number of fused-ring (bicyclic) bond motifs is 1. The van der Waals surface area contributed by atoms with Crippen molar-refractivity contribution in [2.24, 2.45) is 17.8 Å². The molecule has 96 valence electrons. The summed E-state index contributed by atoms with van der Waals surface area (Å²) in [5.41, 5.74) is 1.19. The lowest BCUT2D eigenvalue weighted by molar-refractivity contribution is -0.132. The molecule has 18 heavy (non-hydrogen) atoms. The van der Waals surface area contributed by atoms with Crippen LogP contribution in [0.1, 0.15) is 24.8 Å². The molecule has 3 rings (SSSR count). The molecule has 0 radical (unpaired) electrons. The van der Waals surface area contributed by atoms with Crippen molar-refractivity contribution in [3.8, 4) is 0 Å². The van der Waals surface area contributed by atoms with Gasteiger partial charge in [0.15, 0.2) is 0 Å². The van der Waals surface area contributed by atoms with Gasteiger partial charge in [0.1, 0.15) is 0 Å². The van der Waals surface area contributed by atoms with Crippen LogP contribution in [0.15, 0.2) is 28.7 Å². The van der Waals surface area contributed by atoms with Crippen LogP contribution in [0.3, 0.4) is 0 Å². The topological polar surface area (TPSA) is 20.3 Å². The number of carbonyl (C=O) groups is 1. The Bertz CT molecular complexity index is 446. The summed E-state index contributed by atoms with van der Waals surface area (Å²) in [5.74, 6) is 2.13. The Hall–Kier alpha value is -0.830. The molecule has 0 aromatic heterocycles. The van der Waals surface area contributed by atoms with Gasteiger partial charge in [0, 0.05) is 24.0 Å². The summed E-state index contributed by atoms with van der Waals surface area (Å²) in [7, 11) is 1.93. The van der Waals surface area contributed by atoms with Crippen molar-refractivity contribution in [3.05, 3.63) is 34.3 Å². The molecule has 0 saturated heterocycles. The van der Waals surface area contributed by atoms with Gasteiger partial charge in [-0.2, -0.15) is 0 Å². The fraction of sp³-hybridized carbons (Fsp3) is 0.533. The van der Waals surface area contributed by atoms with Gasteiger partial charge in [0.2, 0.25) is 5.91 Å². The SMILES string of the molecule is CN(Cc1ccc(Br)cc1)C(=O)C1C2CCCC21. The maximum Gasteiger partial charge on any atom is 0.226 e. The van der Waals surface area contributed by atoms with E-state index in [0.29, 0.717) is 23.7 Å². The normalized spacial score (nSPS) is 28.9. The van der Waals surface area contributed by atoms with Gasteiger partial charge < -0.3 is 4.90 Å². The molecule has 1 amide bonds. The van der Waals surface area contributed by atoms with Crippen LogP contribution in [-0.2, 0) is 11.3 Å². The van der Waals surface area contributed by atoms with Gasteiger partial charge in [-0.25, -0.2) is 0 Å². The van der Waals surface area contributed by atoms with Gasteiger partial charge in [-0.15, -0.1) is 0 Å². The highest BCUT2D eigenvalue weighted by atomic mass is 79.9. The van der Waals surface area contributed by atoms with Gasteiger partial charge in [-0.3, -0.25) is 4.79 Å². The van der Waals surface area contributed by atoms with Gasteiger partial charge in [-0.1, -0.05) is 34.5 Å². The summed E-state index contributed by atoms with van der Waals surface area (Å²) in [6.07, 6.45) is 3.87. The quantitative estimate of drug-likeness (QED) is 0.837. The third-order valence-electron chi connectivity index (χ3n) is 4.40. The summed E-state index contributed by atoms with van der Waals surface area (Å²) in [5, 5.41) is 0. The predicted octanol–water partition coefficient (Wildman–Crippen LogP) is 3.45. The maximum atomic E-state index is 12.3. The summed E-state index contributed by atoms with van der Waals surface area (Å²) in [6, 6.07) is 8.20. The van der Waals surface area contributed by atoms with Crippen LogP contribution in [0.25, 0.3) is 0 Å². The highest BCUT2D eigenvalue weighted by Crippen LogP contribution is 2.58. The Morgan fingerprint density at radius 2 is 1.89 bits per heavy atom. The summed E-state index contributed by atoms with van der Waals surface area (Å²) in [6.45, 7) is 0.724. The number of rotatable bonds is 3. The second-order valence-corrected chi connectivity index (χ2v) is 6.52. The number of hydrogen-bond donors (Lipinski definition) is 0. The molecular weight excluding hydrogens is 290 g/mol. The molecule has 2 aliphatic carbocycles. The van der Waals surface area contributed by atoms with Crippen molar-refractivity contribution < 1.29 is 4.79 Å². The van der Waals surface area contributed by atoms with Crippen LogP contribution in [0.4, 0.5) is 0 Å². The van der Waals surface area contributed by atoms with E-state index in [1.165, 1.54) is 24.8 Å². The molecule has 0 bridgehead atoms. The minimum Gasteiger partial charge on any atom is -0.341 e. The summed E-state index contributed by atoms with van der Waals surface area (Å²) < 4.78 is 1.08. The van der Waals surface area contributed by atoms with Gasteiger partial charge >= 0.3 is 0 Å². The third kappa shape index (κ3) is 2.20. The second-order valence-electron chi connectivity index (χ2n) is 5.61. The predicted molar refractivity (Wildman–Crippen MR) is 74.9 cm³/mol. The van der Waals surface area contributed by atoms with Crippen molar-refractivity contribution >= 4 is 21.8 Å². The van der Waals surface area contributed by atoms with Crippen molar-refractivity contribution in [2.45, 2.75) is 25.8 Å². The monoisotopic (exact) mass is 307 g/mol. The van der Waals surface area contributed by atoms with Crippen molar-refractivity contribution in [2.75, 3.05) is 7.05 Å². The van der Waals surface area contributed by atoms with Crippen molar-refractivity contribution in [1.29, 1.82) is 0 Å². The first kappa shape index (κ1) is 12.2. The van der Waals surface area contributed by atoms with Gasteiger partial charge in [-0.05, 0) is 42.4 Å². The molecule has 2 aliphatic rings. The number of halogens is 1. The van der Waals surface area contributed by atoms with E-state index in [1.807, 2.05) is 24.1 Å². The van der Waals surface area contributed by atoms with E-state index in [2.05, 4.69) is 28.1 Å². The van der Waals surface area contributed by atoms with E-state index in [9.17, 15) is 4.79 Å². The molecular formula is C15H18BrNO. The average Bonchev–Trinajstić information content (AvgIpc) is 2.83. The first-order chi connectivity index (χ1) is 8.66. The molecule has 1 aromatic rings. The fourth-order valence-electron chi connectivity index (χ4n) is 3.38. The Kier molecular flexibility index (Phi) is 3.18. The molecule has 0 aliphatic heterocycles. The average molecular weight is 308 g/mol. The number of hydrogen-bond acceptors (Lipinski definition) is 1. The van der Waals surface area contributed by atoms with Crippen LogP contribution in [0.2, 0.25) is 0 Å². The minimum atomic E-state index is 0.346. The molecule has 3 heteroatoms. The van der Waals surface area contributed by atoms with E-state index >= 15 is 0 Å². The zero-order chi connectivity index (χ0) is 12.7. The fourth-order valence-corrected chi connectivity index (χ4v) is 3.65. The van der Waals surface area contributed by atoms with Crippen LogP contribution >= 0.6 is 15.9 Å². The van der Waals surface area contributed by atoms with Gasteiger partial charge in [0.25, 0.3) is 0 Å². The Morgan fingerprint density at radius 3 is 2.50 bits per heavy atom. The zero-order valence-electron chi connectivity index (χ0n) is 10.6. The molecule has 2 fully saturated rings. The summed E-state index contributed by atoms with van der Waals surface area (Å²) >= 11 is 3.43. The standard InChI is InChI=1S/C15H18BrNO/c1-17(9-10-5-7-11(16)8-6-10)15(18)14-12-3-2-4-13(12)14/h5-8,12-14H,2-4,9H2,1H3. The molecule has 0 spiro atoms. The maximum absolute atomic E-state index is 12.3. The first-order valence-corrected chi connectivity index (χ1v) is 7.45. The zero-order valence-corrected chi connectivity index (χ0v) is 12.2.